The minimum atomic E-state index is -0.116. The topological polar surface area (TPSA) is 47.8 Å². The summed E-state index contributed by atoms with van der Waals surface area (Å²) in [6.45, 7) is 0.428. The van der Waals surface area contributed by atoms with Gasteiger partial charge in [0, 0.05) is 5.75 Å². The van der Waals surface area contributed by atoms with Crippen molar-refractivity contribution < 1.29 is 0 Å². The molecule has 2 aromatic rings. The van der Waals surface area contributed by atoms with Crippen LogP contribution >= 0.6 is 12.6 Å². The molecule has 0 saturated carbocycles. The number of benzene rings is 1. The zero-order chi connectivity index (χ0) is 11.4. The molecule has 0 amide bonds. The van der Waals surface area contributed by atoms with Crippen LogP contribution in [0.1, 0.15) is 0 Å². The number of hydrogen-bond acceptors (Lipinski definition) is 4. The van der Waals surface area contributed by atoms with Gasteiger partial charge in [-0.3, -0.25) is 4.79 Å². The van der Waals surface area contributed by atoms with E-state index < -0.39 is 0 Å². The molecule has 2 rings (SSSR count). The van der Waals surface area contributed by atoms with E-state index in [4.69, 9.17) is 0 Å². The lowest BCUT2D eigenvalue weighted by Crippen LogP contribution is -2.23. The maximum atomic E-state index is 11.9. The Morgan fingerprint density at radius 2 is 2.12 bits per heavy atom. The largest absolute Gasteiger partial charge is 0.277 e. The Balaban J connectivity index is 2.45. The minimum absolute atomic E-state index is 0.116. The maximum Gasteiger partial charge on any atom is 0.277 e. The SMILES string of the molecule is O=c1c2ccccc2nnn1CC=CCS. The van der Waals surface area contributed by atoms with Crippen LogP contribution in [-0.4, -0.2) is 20.7 Å². The van der Waals surface area contributed by atoms with Gasteiger partial charge in [-0.05, 0) is 12.1 Å². The van der Waals surface area contributed by atoms with E-state index in [2.05, 4.69) is 22.9 Å². The molecule has 0 N–H and O–H groups in total. The molecule has 1 aromatic carbocycles. The first kappa shape index (κ1) is 10.9. The van der Waals surface area contributed by atoms with Crippen LogP contribution in [0.25, 0.3) is 10.9 Å². The van der Waals surface area contributed by atoms with Crippen LogP contribution in [0.3, 0.4) is 0 Å². The third-order valence-corrected chi connectivity index (χ3v) is 2.39. The molecule has 0 aliphatic carbocycles. The fourth-order valence-electron chi connectivity index (χ4n) is 1.39. The zero-order valence-corrected chi connectivity index (χ0v) is 9.47. The Kier molecular flexibility index (Phi) is 3.36. The fourth-order valence-corrected chi connectivity index (χ4v) is 1.54. The number of fused-ring (bicyclic) bond motifs is 1. The van der Waals surface area contributed by atoms with Crippen molar-refractivity contribution in [1.82, 2.24) is 15.0 Å². The quantitative estimate of drug-likeness (QED) is 0.641. The van der Waals surface area contributed by atoms with E-state index in [0.29, 0.717) is 23.2 Å². The molecule has 0 bridgehead atoms. The highest BCUT2D eigenvalue weighted by atomic mass is 32.1. The predicted molar refractivity (Wildman–Crippen MR) is 66.8 cm³/mol. The van der Waals surface area contributed by atoms with Crippen molar-refractivity contribution in [2.45, 2.75) is 6.54 Å². The van der Waals surface area contributed by atoms with Crippen LogP contribution in [0.2, 0.25) is 0 Å². The van der Waals surface area contributed by atoms with Crippen LogP contribution in [0, 0.1) is 0 Å². The molecular formula is C11H11N3OS. The molecule has 1 heterocycles. The lowest BCUT2D eigenvalue weighted by molar-refractivity contribution is 0.610. The molecule has 0 radical (unpaired) electrons. The number of aromatic nitrogens is 3. The van der Waals surface area contributed by atoms with Gasteiger partial charge in [0.05, 0.1) is 11.9 Å². The molecule has 4 nitrogen and oxygen atoms in total. The summed E-state index contributed by atoms with van der Waals surface area (Å²) in [7, 11) is 0. The second kappa shape index (κ2) is 4.94. The summed E-state index contributed by atoms with van der Waals surface area (Å²) in [6, 6.07) is 7.18. The van der Waals surface area contributed by atoms with E-state index >= 15 is 0 Å². The minimum Gasteiger partial charge on any atom is -0.267 e. The zero-order valence-electron chi connectivity index (χ0n) is 8.58. The average molecular weight is 233 g/mol. The lowest BCUT2D eigenvalue weighted by atomic mass is 10.2. The van der Waals surface area contributed by atoms with E-state index in [1.54, 1.807) is 12.1 Å². The number of hydrogen-bond donors (Lipinski definition) is 1. The normalized spacial score (nSPS) is 11.3. The Hall–Kier alpha value is -1.62. The van der Waals surface area contributed by atoms with E-state index in [1.807, 2.05) is 24.3 Å². The van der Waals surface area contributed by atoms with Crippen molar-refractivity contribution in [3.8, 4) is 0 Å². The molecule has 0 unspecified atom stereocenters. The van der Waals surface area contributed by atoms with Crippen molar-refractivity contribution in [1.29, 1.82) is 0 Å². The van der Waals surface area contributed by atoms with E-state index in [9.17, 15) is 4.79 Å². The van der Waals surface area contributed by atoms with Crippen LogP contribution in [0.4, 0.5) is 0 Å². The summed E-state index contributed by atoms with van der Waals surface area (Å²) < 4.78 is 1.34. The summed E-state index contributed by atoms with van der Waals surface area (Å²) in [4.78, 5) is 11.9. The van der Waals surface area contributed by atoms with Gasteiger partial charge in [-0.2, -0.15) is 12.6 Å². The van der Waals surface area contributed by atoms with Crippen molar-refractivity contribution >= 4 is 23.5 Å². The summed E-state index contributed by atoms with van der Waals surface area (Å²) in [5.74, 6) is 0.649. The van der Waals surface area contributed by atoms with Crippen LogP contribution in [0.5, 0.6) is 0 Å². The Labute approximate surface area is 98.0 Å². The summed E-state index contributed by atoms with van der Waals surface area (Å²) >= 11 is 4.04. The van der Waals surface area contributed by atoms with Crippen molar-refractivity contribution in [3.05, 3.63) is 46.8 Å². The highest BCUT2D eigenvalue weighted by Crippen LogP contribution is 2.03. The number of rotatable bonds is 3. The average Bonchev–Trinajstić information content (AvgIpc) is 2.33. The van der Waals surface area contributed by atoms with Crippen LogP contribution < -0.4 is 5.56 Å². The van der Waals surface area contributed by atoms with Gasteiger partial charge in [0.1, 0.15) is 5.52 Å². The van der Waals surface area contributed by atoms with Crippen molar-refractivity contribution in [3.63, 3.8) is 0 Å². The van der Waals surface area contributed by atoms with Gasteiger partial charge in [-0.15, -0.1) is 5.10 Å². The van der Waals surface area contributed by atoms with Gasteiger partial charge in [0.2, 0.25) is 0 Å². The smallest absolute Gasteiger partial charge is 0.267 e. The Bertz CT molecular complexity index is 577. The molecule has 5 heteroatoms. The first-order valence-corrected chi connectivity index (χ1v) is 5.54. The third-order valence-electron chi connectivity index (χ3n) is 2.18. The molecule has 16 heavy (non-hydrogen) atoms. The van der Waals surface area contributed by atoms with E-state index in [0.717, 1.165) is 0 Å². The van der Waals surface area contributed by atoms with Gasteiger partial charge >= 0.3 is 0 Å². The lowest BCUT2D eigenvalue weighted by Gasteiger charge is -2.00. The first-order valence-electron chi connectivity index (χ1n) is 4.91. The van der Waals surface area contributed by atoms with Crippen molar-refractivity contribution in [2.75, 3.05) is 5.75 Å². The van der Waals surface area contributed by atoms with E-state index in [-0.39, 0.29) is 5.56 Å². The summed E-state index contributed by atoms with van der Waals surface area (Å²) in [5.41, 5.74) is 0.510. The molecule has 0 aliphatic heterocycles. The second-order valence-corrected chi connectivity index (χ2v) is 3.61. The molecule has 82 valence electrons. The van der Waals surface area contributed by atoms with Gasteiger partial charge in [0.25, 0.3) is 5.56 Å². The summed E-state index contributed by atoms with van der Waals surface area (Å²) in [5, 5.41) is 8.43. The monoisotopic (exact) mass is 233 g/mol. The van der Waals surface area contributed by atoms with Gasteiger partial charge in [-0.25, -0.2) is 4.68 Å². The number of thiol groups is 1. The Morgan fingerprint density at radius 3 is 2.94 bits per heavy atom. The van der Waals surface area contributed by atoms with Gasteiger partial charge < -0.3 is 0 Å². The molecule has 0 saturated heterocycles. The Morgan fingerprint density at radius 1 is 1.31 bits per heavy atom. The standard InChI is InChI=1S/C11H11N3OS/c15-11-9-5-1-2-6-10(9)12-13-14(11)7-3-4-8-16/h1-6,16H,7-8H2. The fraction of sp³-hybridized carbons (Fsp3) is 0.182. The molecule has 0 fully saturated rings. The van der Waals surface area contributed by atoms with Crippen LogP contribution in [-0.2, 0) is 6.54 Å². The molecule has 1 aromatic heterocycles. The maximum absolute atomic E-state index is 11.9. The van der Waals surface area contributed by atoms with Crippen molar-refractivity contribution in [2.24, 2.45) is 0 Å². The molecule has 0 spiro atoms. The first-order chi connectivity index (χ1) is 7.83. The highest BCUT2D eigenvalue weighted by molar-refractivity contribution is 7.80. The van der Waals surface area contributed by atoms with Gasteiger partial charge in [0.15, 0.2) is 0 Å². The van der Waals surface area contributed by atoms with Crippen LogP contribution in [0.15, 0.2) is 41.2 Å². The molecule has 0 aliphatic rings. The third kappa shape index (κ3) is 2.14. The van der Waals surface area contributed by atoms with E-state index in [1.165, 1.54) is 4.68 Å². The predicted octanol–water partition coefficient (Wildman–Crippen LogP) is 1.28. The molecular weight excluding hydrogens is 222 g/mol. The van der Waals surface area contributed by atoms with Gasteiger partial charge in [-0.1, -0.05) is 29.5 Å². The number of allylic oxidation sites excluding steroid dienone is 1. The number of nitrogens with zero attached hydrogens (tertiary/aromatic N) is 3. The summed E-state index contributed by atoms with van der Waals surface area (Å²) in [6.07, 6.45) is 3.71. The highest BCUT2D eigenvalue weighted by Gasteiger charge is 2.02. The molecule has 0 atom stereocenters. The second-order valence-electron chi connectivity index (χ2n) is 3.25.